The van der Waals surface area contributed by atoms with Crippen LogP contribution in [0.25, 0.3) is 10.2 Å². The van der Waals surface area contributed by atoms with E-state index in [1.165, 1.54) is 9.60 Å². The third-order valence-electron chi connectivity index (χ3n) is 5.34. The van der Waals surface area contributed by atoms with Crippen molar-refractivity contribution >= 4 is 44.4 Å². The Morgan fingerprint density at radius 2 is 1.71 bits per heavy atom. The summed E-state index contributed by atoms with van der Waals surface area (Å²) in [7, 11) is 4.64. The second-order valence-electron chi connectivity index (χ2n) is 7.00. The highest BCUT2D eigenvalue weighted by atomic mass is 32.2. The number of thiazole rings is 1. The average molecular weight is 460 g/mol. The maximum absolute atomic E-state index is 13.1. The molecule has 0 radical (unpaired) electrons. The predicted octanol–water partition coefficient (Wildman–Crippen LogP) is 4.01. The Hall–Kier alpha value is -2.65. The van der Waals surface area contributed by atoms with Crippen molar-refractivity contribution in [3.63, 3.8) is 0 Å². The summed E-state index contributed by atoms with van der Waals surface area (Å²) < 4.78 is 17.3. The minimum absolute atomic E-state index is 0.0483. The van der Waals surface area contributed by atoms with Crippen LogP contribution in [0.1, 0.15) is 10.4 Å². The second-order valence-corrected chi connectivity index (χ2v) is 8.85. The van der Waals surface area contributed by atoms with Gasteiger partial charge in [-0.2, -0.15) is 0 Å². The number of hydrogen-bond acceptors (Lipinski definition) is 8. The zero-order valence-corrected chi connectivity index (χ0v) is 19.6. The van der Waals surface area contributed by atoms with Gasteiger partial charge in [0.05, 0.1) is 31.5 Å². The number of aromatic nitrogens is 1. The van der Waals surface area contributed by atoms with Crippen LogP contribution in [0.4, 0.5) is 5.13 Å². The molecule has 31 heavy (non-hydrogen) atoms. The summed E-state index contributed by atoms with van der Waals surface area (Å²) in [5.74, 6) is 1.38. The molecule has 1 saturated heterocycles. The summed E-state index contributed by atoms with van der Waals surface area (Å²) in [6.45, 7) is 2.73. The lowest BCUT2D eigenvalue weighted by molar-refractivity contribution is 0.0746. The summed E-state index contributed by atoms with van der Waals surface area (Å²) in [4.78, 5) is 23.3. The molecule has 1 amide bonds. The number of benzene rings is 2. The molecule has 2 heterocycles. The molecule has 0 atom stereocenters. The number of piperazine rings is 1. The van der Waals surface area contributed by atoms with Crippen molar-refractivity contribution in [2.75, 3.05) is 58.7 Å². The number of fused-ring (bicyclic) bond motifs is 1. The fraction of sp³-hybridized carbons (Fsp3) is 0.364. The number of carbonyl (C=O) groups is 1. The van der Waals surface area contributed by atoms with E-state index in [4.69, 9.17) is 19.2 Å². The zero-order chi connectivity index (χ0) is 22.0. The molecule has 1 aliphatic rings. The summed E-state index contributed by atoms with van der Waals surface area (Å²) in [6, 6.07) is 9.69. The number of hydrogen-bond donors (Lipinski definition) is 0. The molecule has 0 unspecified atom stereocenters. The van der Waals surface area contributed by atoms with Crippen LogP contribution >= 0.6 is 23.1 Å². The van der Waals surface area contributed by atoms with Crippen LogP contribution in [0.2, 0.25) is 0 Å². The molecule has 1 fully saturated rings. The molecule has 0 saturated carbocycles. The Bertz CT molecular complexity index is 1070. The van der Waals surface area contributed by atoms with E-state index in [0.29, 0.717) is 35.9 Å². The van der Waals surface area contributed by atoms with E-state index in [1.54, 1.807) is 56.6 Å². The van der Waals surface area contributed by atoms with E-state index in [-0.39, 0.29) is 5.91 Å². The molecule has 9 heteroatoms. The number of ether oxygens (including phenoxy) is 3. The second kappa shape index (κ2) is 9.23. The number of carbonyl (C=O) groups excluding carboxylic acids is 1. The van der Waals surface area contributed by atoms with E-state index in [2.05, 4.69) is 29.4 Å². The maximum atomic E-state index is 13.1. The van der Waals surface area contributed by atoms with Gasteiger partial charge in [-0.1, -0.05) is 17.4 Å². The predicted molar refractivity (Wildman–Crippen MR) is 126 cm³/mol. The molecule has 4 rings (SSSR count). The van der Waals surface area contributed by atoms with Crippen molar-refractivity contribution in [3.05, 3.63) is 35.9 Å². The van der Waals surface area contributed by atoms with Crippen LogP contribution in [0.3, 0.4) is 0 Å². The third-order valence-corrected chi connectivity index (χ3v) is 7.19. The summed E-state index contributed by atoms with van der Waals surface area (Å²) >= 11 is 3.42. The van der Waals surface area contributed by atoms with Crippen molar-refractivity contribution < 1.29 is 19.0 Å². The van der Waals surface area contributed by atoms with Gasteiger partial charge in [-0.3, -0.25) is 4.79 Å². The number of methoxy groups -OCH3 is 3. The van der Waals surface area contributed by atoms with Gasteiger partial charge in [0.15, 0.2) is 16.6 Å². The number of anilines is 1. The average Bonchev–Trinajstić information content (AvgIpc) is 3.27. The molecule has 1 aromatic heterocycles. The molecule has 164 valence electrons. The largest absolute Gasteiger partial charge is 0.493 e. The molecule has 0 spiro atoms. The highest BCUT2D eigenvalue weighted by Crippen LogP contribution is 2.39. The Morgan fingerprint density at radius 3 is 2.29 bits per heavy atom. The van der Waals surface area contributed by atoms with Crippen molar-refractivity contribution in [3.8, 4) is 17.2 Å². The van der Waals surface area contributed by atoms with Crippen LogP contribution in [-0.2, 0) is 0 Å². The van der Waals surface area contributed by atoms with Gasteiger partial charge in [0.2, 0.25) is 5.75 Å². The third kappa shape index (κ3) is 4.12. The van der Waals surface area contributed by atoms with Gasteiger partial charge in [-0.25, -0.2) is 4.98 Å². The first-order chi connectivity index (χ1) is 15.1. The Balaban J connectivity index is 1.49. The van der Waals surface area contributed by atoms with E-state index >= 15 is 0 Å². The molecule has 0 N–H and O–H groups in total. The van der Waals surface area contributed by atoms with Crippen LogP contribution in [0.5, 0.6) is 17.2 Å². The maximum Gasteiger partial charge on any atom is 0.254 e. The van der Waals surface area contributed by atoms with Crippen LogP contribution in [0.15, 0.2) is 35.2 Å². The van der Waals surface area contributed by atoms with Crippen molar-refractivity contribution in [2.45, 2.75) is 4.90 Å². The van der Waals surface area contributed by atoms with Gasteiger partial charge in [-0.15, -0.1) is 11.8 Å². The number of amides is 1. The number of rotatable bonds is 6. The quantitative estimate of drug-likeness (QED) is 0.516. The summed E-state index contributed by atoms with van der Waals surface area (Å²) in [5.41, 5.74) is 1.58. The van der Waals surface area contributed by atoms with Crippen LogP contribution < -0.4 is 19.1 Å². The SMILES string of the molecule is COc1cc(C(=O)N2CCN(c3nc4c(SC)cccc4s3)CC2)cc(OC)c1OC. The number of thioether (sulfide) groups is 1. The first kappa shape index (κ1) is 21.6. The van der Waals surface area contributed by atoms with Gasteiger partial charge in [0, 0.05) is 36.6 Å². The first-order valence-corrected chi connectivity index (χ1v) is 11.9. The number of nitrogens with zero attached hydrogens (tertiary/aromatic N) is 3. The van der Waals surface area contributed by atoms with Gasteiger partial charge in [-0.05, 0) is 30.5 Å². The molecular weight excluding hydrogens is 434 g/mol. The van der Waals surface area contributed by atoms with Crippen molar-refractivity contribution in [1.82, 2.24) is 9.88 Å². The lowest BCUT2D eigenvalue weighted by Gasteiger charge is -2.34. The monoisotopic (exact) mass is 459 g/mol. The highest BCUT2D eigenvalue weighted by Gasteiger charge is 2.26. The number of para-hydroxylation sites is 1. The Kier molecular flexibility index (Phi) is 6.43. The van der Waals surface area contributed by atoms with Gasteiger partial charge >= 0.3 is 0 Å². The Morgan fingerprint density at radius 1 is 1.03 bits per heavy atom. The molecule has 7 nitrogen and oxygen atoms in total. The van der Waals surface area contributed by atoms with Gasteiger partial charge < -0.3 is 24.0 Å². The van der Waals surface area contributed by atoms with Gasteiger partial charge in [0.25, 0.3) is 5.91 Å². The van der Waals surface area contributed by atoms with Gasteiger partial charge in [0.1, 0.15) is 0 Å². The van der Waals surface area contributed by atoms with Crippen molar-refractivity contribution in [2.24, 2.45) is 0 Å². The van der Waals surface area contributed by atoms with E-state index in [1.807, 2.05) is 4.90 Å². The summed E-state index contributed by atoms with van der Waals surface area (Å²) in [6.07, 6.45) is 2.07. The first-order valence-electron chi connectivity index (χ1n) is 9.87. The standard InChI is InChI=1S/C22H25N3O4S2/c1-27-15-12-14(13-16(28-2)20(15)29-3)21(26)24-8-10-25(11-9-24)22-23-19-17(30-4)6-5-7-18(19)31-22/h5-7,12-13H,8-11H2,1-4H3. The minimum atomic E-state index is -0.0483. The normalized spacial score (nSPS) is 14.1. The highest BCUT2D eigenvalue weighted by molar-refractivity contribution is 7.98. The van der Waals surface area contributed by atoms with E-state index < -0.39 is 0 Å². The molecular formula is C22H25N3O4S2. The zero-order valence-electron chi connectivity index (χ0n) is 18.0. The smallest absolute Gasteiger partial charge is 0.254 e. The fourth-order valence-electron chi connectivity index (χ4n) is 3.70. The fourth-order valence-corrected chi connectivity index (χ4v) is 5.37. The molecule has 3 aromatic rings. The lowest BCUT2D eigenvalue weighted by atomic mass is 10.1. The van der Waals surface area contributed by atoms with Crippen molar-refractivity contribution in [1.29, 1.82) is 0 Å². The molecule has 1 aliphatic heterocycles. The van der Waals surface area contributed by atoms with E-state index in [9.17, 15) is 4.79 Å². The molecule has 0 bridgehead atoms. The lowest BCUT2D eigenvalue weighted by Crippen LogP contribution is -2.48. The molecule has 0 aliphatic carbocycles. The Labute approximate surface area is 189 Å². The van der Waals surface area contributed by atoms with E-state index in [0.717, 1.165) is 23.7 Å². The minimum Gasteiger partial charge on any atom is -0.493 e. The van der Waals surface area contributed by atoms with Crippen LogP contribution in [-0.4, -0.2) is 69.6 Å². The topological polar surface area (TPSA) is 64.1 Å². The molecule has 2 aromatic carbocycles. The summed E-state index contributed by atoms with van der Waals surface area (Å²) in [5, 5.41) is 1.01. The van der Waals surface area contributed by atoms with Crippen LogP contribution in [0, 0.1) is 0 Å².